The van der Waals surface area contributed by atoms with Crippen molar-refractivity contribution in [1.29, 1.82) is 5.26 Å². The summed E-state index contributed by atoms with van der Waals surface area (Å²) in [4.78, 5) is 15.0. The lowest BCUT2D eigenvalue weighted by Crippen LogP contribution is -2.53. The summed E-state index contributed by atoms with van der Waals surface area (Å²) in [6.45, 7) is 1.84. The van der Waals surface area contributed by atoms with Crippen LogP contribution in [0.1, 0.15) is 63.4 Å². The zero-order chi connectivity index (χ0) is 17.5. The number of anilines is 1. The predicted octanol–water partition coefficient (Wildman–Crippen LogP) is 4.20. The van der Waals surface area contributed by atoms with Crippen molar-refractivity contribution in [1.82, 2.24) is 10.4 Å². The van der Waals surface area contributed by atoms with Crippen LogP contribution in [0.15, 0.2) is 24.3 Å². The van der Waals surface area contributed by atoms with E-state index in [4.69, 9.17) is 0 Å². The van der Waals surface area contributed by atoms with E-state index in [1.54, 1.807) is 6.07 Å². The largest absolute Gasteiger partial charge is 0.336 e. The summed E-state index contributed by atoms with van der Waals surface area (Å²) in [5.74, 6) is 0. The number of nitriles is 1. The van der Waals surface area contributed by atoms with Gasteiger partial charge in [-0.1, -0.05) is 38.2 Å². The Kier molecular flexibility index (Phi) is 6.30. The number of amides is 2. The van der Waals surface area contributed by atoms with Gasteiger partial charge in [-0.3, -0.25) is 10.3 Å². The fraction of sp³-hybridized carbons (Fsp3) is 0.600. The van der Waals surface area contributed by atoms with Gasteiger partial charge in [-0.15, -0.1) is 0 Å². The van der Waals surface area contributed by atoms with Crippen LogP contribution in [-0.2, 0) is 0 Å². The number of hydrogen-bond acceptors (Lipinski definition) is 3. The topological polar surface area (TPSA) is 59.4 Å². The molecule has 1 saturated heterocycles. The molecule has 5 heteroatoms. The highest BCUT2D eigenvalue weighted by Gasteiger charge is 2.27. The fourth-order valence-corrected chi connectivity index (χ4v) is 3.93. The second kappa shape index (κ2) is 8.87. The Bertz CT molecular complexity index is 610. The molecule has 0 spiro atoms. The van der Waals surface area contributed by atoms with E-state index in [9.17, 15) is 10.1 Å². The molecule has 3 rings (SSSR count). The molecular weight excluding hydrogens is 312 g/mol. The smallest absolute Gasteiger partial charge is 0.290 e. The molecule has 5 nitrogen and oxygen atoms in total. The zero-order valence-electron chi connectivity index (χ0n) is 14.9. The summed E-state index contributed by atoms with van der Waals surface area (Å²) in [5, 5.41) is 11.3. The molecule has 0 radical (unpaired) electrons. The summed E-state index contributed by atoms with van der Waals surface area (Å²) >= 11 is 0. The van der Waals surface area contributed by atoms with Crippen molar-refractivity contribution >= 4 is 11.7 Å². The van der Waals surface area contributed by atoms with Gasteiger partial charge in [-0.25, -0.2) is 9.80 Å². The molecule has 1 N–H and O–H groups in total. The number of hydrazine groups is 1. The molecule has 1 saturated carbocycles. The number of hydrogen-bond donors (Lipinski definition) is 1. The molecule has 0 unspecified atom stereocenters. The third-order valence-electron chi connectivity index (χ3n) is 5.27. The van der Waals surface area contributed by atoms with Crippen molar-refractivity contribution < 1.29 is 4.79 Å². The number of nitrogens with one attached hydrogen (secondary N) is 1. The molecule has 0 aromatic heterocycles. The van der Waals surface area contributed by atoms with Gasteiger partial charge in [0, 0.05) is 24.8 Å². The lowest BCUT2D eigenvalue weighted by Gasteiger charge is -2.35. The minimum absolute atomic E-state index is 0.0520. The highest BCUT2D eigenvalue weighted by Crippen LogP contribution is 2.27. The highest BCUT2D eigenvalue weighted by atomic mass is 16.2. The lowest BCUT2D eigenvalue weighted by atomic mass is 10.1. The van der Waals surface area contributed by atoms with Crippen LogP contribution in [0.4, 0.5) is 10.5 Å². The molecule has 1 aromatic rings. The average Bonchev–Trinajstić information content (AvgIpc) is 2.92. The first-order valence-corrected chi connectivity index (χ1v) is 9.63. The van der Waals surface area contributed by atoms with Crippen LogP contribution in [0.25, 0.3) is 0 Å². The Morgan fingerprint density at radius 2 is 1.76 bits per heavy atom. The maximum Gasteiger partial charge on any atom is 0.336 e. The second-order valence-electron chi connectivity index (χ2n) is 7.14. The Balaban J connectivity index is 1.81. The number of carbonyl (C=O) groups excluding carboxylic acids is 1. The summed E-state index contributed by atoms with van der Waals surface area (Å²) in [6.07, 6.45) is 10.4. The van der Waals surface area contributed by atoms with Crippen LogP contribution in [0.5, 0.6) is 0 Å². The van der Waals surface area contributed by atoms with Gasteiger partial charge in [0.1, 0.15) is 0 Å². The standard InChI is InChI=1S/C20H28N4O/c21-16-17-9-8-12-19(15-17)24(18-10-4-1-2-5-11-18)20(25)22-23-13-6-3-7-14-23/h8-9,12,15,18H,1-7,10-11,13-14H2,(H,22,25). The lowest BCUT2D eigenvalue weighted by molar-refractivity contribution is 0.157. The molecule has 1 aliphatic carbocycles. The number of carbonyl (C=O) groups is 1. The zero-order valence-corrected chi connectivity index (χ0v) is 14.9. The summed E-state index contributed by atoms with van der Waals surface area (Å²) in [7, 11) is 0. The molecule has 0 atom stereocenters. The Morgan fingerprint density at radius 3 is 2.44 bits per heavy atom. The SMILES string of the molecule is N#Cc1cccc(N(C(=O)NN2CCCCC2)C2CCCCCC2)c1. The molecule has 25 heavy (non-hydrogen) atoms. The summed E-state index contributed by atoms with van der Waals surface area (Å²) in [5.41, 5.74) is 4.54. The summed E-state index contributed by atoms with van der Waals surface area (Å²) in [6, 6.07) is 9.78. The van der Waals surface area contributed by atoms with Crippen LogP contribution in [0.2, 0.25) is 0 Å². The summed E-state index contributed by atoms with van der Waals surface area (Å²) < 4.78 is 0. The molecule has 1 aromatic carbocycles. The molecule has 2 amide bonds. The van der Waals surface area contributed by atoms with E-state index in [1.807, 2.05) is 28.1 Å². The number of urea groups is 1. The van der Waals surface area contributed by atoms with E-state index in [0.29, 0.717) is 5.56 Å². The van der Waals surface area contributed by atoms with Gasteiger partial charge in [-0.2, -0.15) is 5.26 Å². The molecule has 2 aliphatic rings. The highest BCUT2D eigenvalue weighted by molar-refractivity contribution is 5.92. The van der Waals surface area contributed by atoms with E-state index in [2.05, 4.69) is 11.5 Å². The van der Waals surface area contributed by atoms with Gasteiger partial charge in [0.05, 0.1) is 11.6 Å². The van der Waals surface area contributed by atoms with Crippen molar-refractivity contribution in [2.45, 2.75) is 63.8 Å². The van der Waals surface area contributed by atoms with Crippen LogP contribution in [0, 0.1) is 11.3 Å². The molecular formula is C20H28N4O. The minimum Gasteiger partial charge on any atom is -0.290 e. The number of benzene rings is 1. The number of rotatable bonds is 3. The van der Waals surface area contributed by atoms with E-state index in [-0.39, 0.29) is 12.1 Å². The van der Waals surface area contributed by atoms with Crippen molar-refractivity contribution in [3.05, 3.63) is 29.8 Å². The van der Waals surface area contributed by atoms with Crippen LogP contribution >= 0.6 is 0 Å². The van der Waals surface area contributed by atoms with Gasteiger partial charge < -0.3 is 0 Å². The quantitative estimate of drug-likeness (QED) is 0.839. The first kappa shape index (κ1) is 17.8. The van der Waals surface area contributed by atoms with Crippen LogP contribution in [-0.4, -0.2) is 30.2 Å². The third-order valence-corrected chi connectivity index (χ3v) is 5.27. The number of piperidine rings is 1. The van der Waals surface area contributed by atoms with Gasteiger partial charge in [0.25, 0.3) is 0 Å². The molecule has 0 bridgehead atoms. The molecule has 1 aliphatic heterocycles. The van der Waals surface area contributed by atoms with E-state index < -0.39 is 0 Å². The average molecular weight is 340 g/mol. The van der Waals surface area contributed by atoms with Gasteiger partial charge in [-0.05, 0) is 43.9 Å². The van der Waals surface area contributed by atoms with Gasteiger partial charge >= 0.3 is 6.03 Å². The van der Waals surface area contributed by atoms with Gasteiger partial charge in [0.2, 0.25) is 0 Å². The molecule has 2 fully saturated rings. The third kappa shape index (κ3) is 4.73. The van der Waals surface area contributed by atoms with Crippen LogP contribution in [0.3, 0.4) is 0 Å². The van der Waals surface area contributed by atoms with Crippen LogP contribution < -0.4 is 10.3 Å². The molecule has 1 heterocycles. The van der Waals surface area contributed by atoms with Gasteiger partial charge in [0.15, 0.2) is 0 Å². The first-order valence-electron chi connectivity index (χ1n) is 9.63. The molecule has 134 valence electrons. The van der Waals surface area contributed by atoms with Crippen molar-refractivity contribution in [2.75, 3.05) is 18.0 Å². The van der Waals surface area contributed by atoms with Crippen molar-refractivity contribution in [3.8, 4) is 6.07 Å². The Labute approximate surface area is 150 Å². The van der Waals surface area contributed by atoms with E-state index >= 15 is 0 Å². The predicted molar refractivity (Wildman–Crippen MR) is 99.1 cm³/mol. The monoisotopic (exact) mass is 340 g/mol. The van der Waals surface area contributed by atoms with Crippen molar-refractivity contribution in [2.24, 2.45) is 0 Å². The normalized spacial score (nSPS) is 19.6. The first-order chi connectivity index (χ1) is 12.3. The maximum absolute atomic E-state index is 13.1. The Morgan fingerprint density at radius 1 is 1.08 bits per heavy atom. The number of nitrogens with zero attached hydrogens (tertiary/aromatic N) is 3. The maximum atomic E-state index is 13.1. The Hall–Kier alpha value is -2.06. The second-order valence-corrected chi connectivity index (χ2v) is 7.14. The van der Waals surface area contributed by atoms with E-state index in [0.717, 1.165) is 57.3 Å². The minimum atomic E-state index is -0.0520. The fourth-order valence-electron chi connectivity index (χ4n) is 3.93. The van der Waals surface area contributed by atoms with Crippen molar-refractivity contribution in [3.63, 3.8) is 0 Å². The van der Waals surface area contributed by atoms with E-state index in [1.165, 1.54) is 19.3 Å².